The van der Waals surface area contributed by atoms with Gasteiger partial charge in [0.25, 0.3) is 0 Å². The van der Waals surface area contributed by atoms with Crippen LogP contribution in [0.5, 0.6) is 5.75 Å². The highest BCUT2D eigenvalue weighted by atomic mass is 16.3. The van der Waals surface area contributed by atoms with Crippen molar-refractivity contribution in [3.63, 3.8) is 0 Å². The maximum Gasteiger partial charge on any atom is 0.223 e. The summed E-state index contributed by atoms with van der Waals surface area (Å²) in [6, 6.07) is 1.33. The van der Waals surface area contributed by atoms with Crippen molar-refractivity contribution in [2.45, 2.75) is 26.8 Å². The Labute approximate surface area is 116 Å². The third kappa shape index (κ3) is 4.11. The molecule has 1 aromatic heterocycles. The number of hydrogen-bond donors (Lipinski definition) is 3. The minimum Gasteiger partial charge on any atom is -0.503 e. The van der Waals surface area contributed by atoms with Gasteiger partial charge in [0.05, 0.1) is 12.2 Å². The first kappa shape index (κ1) is 15.7. The lowest BCUT2D eigenvalue weighted by Gasteiger charge is -2.14. The van der Waals surface area contributed by atoms with E-state index in [-0.39, 0.29) is 37.1 Å². The fourth-order valence-electron chi connectivity index (χ4n) is 1.69. The predicted octanol–water partition coefficient (Wildman–Crippen LogP) is -0.458. The smallest absolute Gasteiger partial charge is 0.223 e. The van der Waals surface area contributed by atoms with Crippen LogP contribution in [-0.4, -0.2) is 28.0 Å². The predicted molar refractivity (Wildman–Crippen MR) is 73.2 cm³/mol. The van der Waals surface area contributed by atoms with E-state index in [0.717, 1.165) is 0 Å². The second kappa shape index (κ2) is 6.74. The average Bonchev–Trinajstić information content (AvgIpc) is 2.36. The number of nitrogens with zero attached hydrogens (tertiary/aromatic N) is 1. The molecular weight excluding hydrogens is 262 g/mol. The van der Waals surface area contributed by atoms with E-state index in [1.165, 1.54) is 13.0 Å². The second-order valence-electron chi connectivity index (χ2n) is 4.51. The zero-order valence-corrected chi connectivity index (χ0v) is 11.8. The molecule has 0 aliphatic heterocycles. The molecule has 1 aromatic rings. The molecule has 0 fully saturated rings. The third-order valence-corrected chi connectivity index (χ3v) is 2.96. The van der Waals surface area contributed by atoms with Crippen LogP contribution >= 0.6 is 0 Å². The van der Waals surface area contributed by atoms with Crippen molar-refractivity contribution in [1.29, 1.82) is 0 Å². The van der Waals surface area contributed by atoms with E-state index in [0.29, 0.717) is 11.4 Å². The van der Waals surface area contributed by atoms with Crippen LogP contribution in [0.1, 0.15) is 24.7 Å². The maximum absolute atomic E-state index is 11.6. The first-order valence-corrected chi connectivity index (χ1v) is 6.22. The normalized spacial score (nSPS) is 10.2. The summed E-state index contributed by atoms with van der Waals surface area (Å²) in [7, 11) is 1.70. The van der Waals surface area contributed by atoms with Gasteiger partial charge in [-0.25, -0.2) is 0 Å². The molecule has 7 heteroatoms. The summed E-state index contributed by atoms with van der Waals surface area (Å²) in [5, 5.41) is 14.8. The Kier molecular flexibility index (Phi) is 5.31. The number of amides is 2. The molecule has 7 nitrogen and oxygen atoms in total. The number of carbonyl (C=O) groups is 2. The van der Waals surface area contributed by atoms with Crippen LogP contribution in [0.25, 0.3) is 0 Å². The Hall–Kier alpha value is -2.31. The molecule has 2 amide bonds. The summed E-state index contributed by atoms with van der Waals surface area (Å²) < 4.78 is 1.64. The van der Waals surface area contributed by atoms with Gasteiger partial charge >= 0.3 is 0 Å². The lowest BCUT2D eigenvalue weighted by atomic mass is 10.2. The van der Waals surface area contributed by atoms with Crippen LogP contribution in [0.4, 0.5) is 0 Å². The molecule has 1 rings (SSSR count). The van der Waals surface area contributed by atoms with Gasteiger partial charge < -0.3 is 20.3 Å². The molecule has 20 heavy (non-hydrogen) atoms. The molecule has 0 unspecified atom stereocenters. The van der Waals surface area contributed by atoms with Crippen LogP contribution in [0, 0.1) is 6.92 Å². The van der Waals surface area contributed by atoms with Crippen LogP contribution in [0.3, 0.4) is 0 Å². The van der Waals surface area contributed by atoms with Crippen molar-refractivity contribution >= 4 is 11.8 Å². The molecular formula is C13H19N3O4. The zero-order valence-electron chi connectivity index (χ0n) is 11.8. The molecule has 0 bridgehead atoms. The Morgan fingerprint density at radius 3 is 2.60 bits per heavy atom. The van der Waals surface area contributed by atoms with Crippen molar-refractivity contribution in [2.24, 2.45) is 7.05 Å². The van der Waals surface area contributed by atoms with Crippen molar-refractivity contribution in [1.82, 2.24) is 15.2 Å². The number of aryl methyl sites for hydroxylation is 1. The quantitative estimate of drug-likeness (QED) is 0.680. The first-order chi connectivity index (χ1) is 9.32. The lowest BCUT2D eigenvalue weighted by Crippen LogP contribution is -2.30. The number of hydrogen-bond acceptors (Lipinski definition) is 4. The maximum atomic E-state index is 11.6. The van der Waals surface area contributed by atoms with Gasteiger partial charge in [-0.2, -0.15) is 0 Å². The molecule has 0 aliphatic rings. The molecule has 0 radical (unpaired) electrons. The van der Waals surface area contributed by atoms with E-state index < -0.39 is 5.43 Å². The number of rotatable bonds is 5. The standard InChI is InChI=1S/C13H19N3O4/c1-8-6-11(18)13(20)10(16(8)3)7-15-12(19)4-5-14-9(2)17/h6,20H,4-5,7H2,1-3H3,(H,14,17)(H,15,19). The Bertz CT molecular complexity index is 578. The van der Waals surface area contributed by atoms with E-state index >= 15 is 0 Å². The minimum atomic E-state index is -0.469. The highest BCUT2D eigenvalue weighted by Crippen LogP contribution is 2.12. The largest absolute Gasteiger partial charge is 0.503 e. The fourth-order valence-corrected chi connectivity index (χ4v) is 1.69. The summed E-state index contributed by atoms with van der Waals surface area (Å²) in [5.74, 6) is -0.830. The fraction of sp³-hybridized carbons (Fsp3) is 0.462. The van der Waals surface area contributed by atoms with E-state index in [9.17, 15) is 19.5 Å². The summed E-state index contributed by atoms with van der Waals surface area (Å²) in [4.78, 5) is 33.7. The van der Waals surface area contributed by atoms with Crippen molar-refractivity contribution in [3.05, 3.63) is 27.7 Å². The van der Waals surface area contributed by atoms with Gasteiger partial charge in [-0.3, -0.25) is 14.4 Å². The molecule has 0 aromatic carbocycles. The lowest BCUT2D eigenvalue weighted by molar-refractivity contribution is -0.121. The van der Waals surface area contributed by atoms with Gasteiger partial charge in [0.2, 0.25) is 17.2 Å². The number of aromatic nitrogens is 1. The Morgan fingerprint density at radius 1 is 1.35 bits per heavy atom. The van der Waals surface area contributed by atoms with E-state index in [1.807, 2.05) is 0 Å². The number of nitrogens with one attached hydrogen (secondary N) is 2. The van der Waals surface area contributed by atoms with Gasteiger partial charge in [-0.15, -0.1) is 0 Å². The highest BCUT2D eigenvalue weighted by Gasteiger charge is 2.11. The SMILES string of the molecule is CC(=O)NCCC(=O)NCc1c(O)c(=O)cc(C)n1C. The molecule has 0 aliphatic carbocycles. The average molecular weight is 281 g/mol. The summed E-state index contributed by atoms with van der Waals surface area (Å²) >= 11 is 0. The van der Waals surface area contributed by atoms with E-state index in [4.69, 9.17) is 0 Å². The van der Waals surface area contributed by atoms with Gasteiger partial charge in [0.15, 0.2) is 5.75 Å². The van der Waals surface area contributed by atoms with E-state index in [1.54, 1.807) is 18.5 Å². The van der Waals surface area contributed by atoms with Crippen molar-refractivity contribution < 1.29 is 14.7 Å². The van der Waals surface area contributed by atoms with Crippen LogP contribution in [0.2, 0.25) is 0 Å². The number of pyridine rings is 1. The van der Waals surface area contributed by atoms with Gasteiger partial charge in [0, 0.05) is 38.7 Å². The Morgan fingerprint density at radius 2 is 2.00 bits per heavy atom. The third-order valence-electron chi connectivity index (χ3n) is 2.96. The van der Waals surface area contributed by atoms with Crippen molar-refractivity contribution in [2.75, 3.05) is 6.54 Å². The molecule has 110 valence electrons. The molecule has 0 spiro atoms. The van der Waals surface area contributed by atoms with Crippen LogP contribution < -0.4 is 16.1 Å². The highest BCUT2D eigenvalue weighted by molar-refractivity contribution is 5.77. The molecule has 3 N–H and O–H groups in total. The minimum absolute atomic E-state index is 0.0537. The molecule has 0 atom stereocenters. The summed E-state index contributed by atoms with van der Waals surface area (Å²) in [5.41, 5.74) is 0.571. The summed E-state index contributed by atoms with van der Waals surface area (Å²) in [6.45, 7) is 3.42. The number of aromatic hydroxyl groups is 1. The first-order valence-electron chi connectivity index (χ1n) is 6.22. The zero-order chi connectivity index (χ0) is 15.3. The van der Waals surface area contributed by atoms with Gasteiger partial charge in [0.1, 0.15) is 0 Å². The number of carbonyl (C=O) groups excluding carboxylic acids is 2. The van der Waals surface area contributed by atoms with Crippen LogP contribution in [0.15, 0.2) is 10.9 Å². The monoisotopic (exact) mass is 281 g/mol. The molecule has 0 saturated heterocycles. The topological polar surface area (TPSA) is 100 Å². The van der Waals surface area contributed by atoms with Gasteiger partial charge in [-0.1, -0.05) is 0 Å². The van der Waals surface area contributed by atoms with Crippen molar-refractivity contribution in [3.8, 4) is 5.75 Å². The molecule has 1 heterocycles. The Balaban J connectivity index is 2.64. The molecule has 0 saturated carbocycles. The van der Waals surface area contributed by atoms with E-state index in [2.05, 4.69) is 10.6 Å². The van der Waals surface area contributed by atoms with Crippen LogP contribution in [-0.2, 0) is 23.2 Å². The van der Waals surface area contributed by atoms with Gasteiger partial charge in [-0.05, 0) is 6.92 Å². The summed E-state index contributed by atoms with van der Waals surface area (Å²) in [6.07, 6.45) is 0.139. The second-order valence-corrected chi connectivity index (χ2v) is 4.51.